The van der Waals surface area contributed by atoms with Crippen LogP contribution in [0.15, 0.2) is 84.9 Å². The topological polar surface area (TPSA) is 48.4 Å². The van der Waals surface area contributed by atoms with Gasteiger partial charge in [-0.1, -0.05) is 24.3 Å². The molecule has 1 aromatic heterocycles. The molecule has 5 heteroatoms. The van der Waals surface area contributed by atoms with Crippen molar-refractivity contribution in [2.45, 2.75) is 0 Å². The highest BCUT2D eigenvalue weighted by Gasteiger charge is 2.31. The molecule has 1 heterocycles. The molecule has 0 aliphatic rings. The molecule has 4 rings (SSSR count). The highest BCUT2D eigenvalue weighted by molar-refractivity contribution is 7.85. The molecule has 0 unspecified atom stereocenters. The first-order chi connectivity index (χ1) is 13.6. The fourth-order valence-corrected chi connectivity index (χ4v) is 5.73. The summed E-state index contributed by atoms with van der Waals surface area (Å²) in [7, 11) is 0.0644. The largest absolute Gasteiger partial charge is 0.497 e. The summed E-state index contributed by atoms with van der Waals surface area (Å²) in [5, 5.41) is 2.43. The third kappa shape index (κ3) is 3.17. The fourth-order valence-electron chi connectivity index (χ4n) is 3.23. The first-order valence-electron chi connectivity index (χ1n) is 8.91. The highest BCUT2D eigenvalue weighted by atomic mass is 31.2. The Bertz CT molecular complexity index is 1100. The normalized spacial score (nSPS) is 11.4. The molecule has 0 atom stereocenters. The zero-order valence-corrected chi connectivity index (χ0v) is 16.6. The minimum atomic E-state index is -3.16. The molecular weight excluding hydrogens is 369 g/mol. The molecule has 0 saturated carbocycles. The third-order valence-corrected chi connectivity index (χ3v) is 7.72. The van der Waals surface area contributed by atoms with Crippen molar-refractivity contribution in [3.8, 4) is 11.5 Å². The summed E-state index contributed by atoms with van der Waals surface area (Å²) < 4.78 is 25.0. The number of aromatic nitrogens is 1. The van der Waals surface area contributed by atoms with Gasteiger partial charge in [0.15, 0.2) is 7.14 Å². The van der Waals surface area contributed by atoms with Crippen LogP contribution < -0.4 is 25.5 Å². The van der Waals surface area contributed by atoms with Gasteiger partial charge in [-0.2, -0.15) is 0 Å². The van der Waals surface area contributed by atoms with E-state index in [0.717, 1.165) is 22.4 Å². The summed E-state index contributed by atoms with van der Waals surface area (Å²) in [6.07, 6.45) is 0. The molecule has 140 valence electrons. The third-order valence-electron chi connectivity index (χ3n) is 4.78. The van der Waals surface area contributed by atoms with Gasteiger partial charge in [-0.3, -0.25) is 0 Å². The van der Waals surface area contributed by atoms with Gasteiger partial charge in [0.05, 0.1) is 19.7 Å². The van der Waals surface area contributed by atoms with Gasteiger partial charge in [-0.15, -0.1) is 0 Å². The summed E-state index contributed by atoms with van der Waals surface area (Å²) in [5.41, 5.74) is 1.38. The summed E-state index contributed by atoms with van der Waals surface area (Å²) in [6, 6.07) is 26.4. The van der Waals surface area contributed by atoms with E-state index in [4.69, 9.17) is 14.5 Å². The molecule has 4 nitrogen and oxygen atoms in total. The number of hydrogen-bond donors (Lipinski definition) is 0. The minimum absolute atomic E-state index is 0.557. The van der Waals surface area contributed by atoms with Gasteiger partial charge in [0.2, 0.25) is 0 Å². The molecule has 4 aromatic rings. The van der Waals surface area contributed by atoms with Crippen LogP contribution in [0.4, 0.5) is 0 Å². The van der Waals surface area contributed by atoms with Crippen LogP contribution in [-0.4, -0.2) is 19.2 Å². The number of fused-ring (bicyclic) bond motifs is 1. The maximum atomic E-state index is 14.5. The van der Waals surface area contributed by atoms with Gasteiger partial charge < -0.3 is 14.0 Å². The summed E-state index contributed by atoms with van der Waals surface area (Å²) >= 11 is 0. The molecule has 0 saturated heterocycles. The van der Waals surface area contributed by atoms with Crippen LogP contribution in [0.1, 0.15) is 0 Å². The number of nitrogens with zero attached hydrogens (tertiary/aromatic N) is 1. The Labute approximate surface area is 164 Å². The van der Waals surface area contributed by atoms with Crippen molar-refractivity contribution in [1.29, 1.82) is 0 Å². The van der Waals surface area contributed by atoms with E-state index in [2.05, 4.69) is 0 Å². The zero-order valence-electron chi connectivity index (χ0n) is 15.7. The van der Waals surface area contributed by atoms with E-state index < -0.39 is 7.14 Å². The average molecular weight is 389 g/mol. The Kier molecular flexibility index (Phi) is 4.89. The molecule has 3 aromatic carbocycles. The van der Waals surface area contributed by atoms with Crippen LogP contribution in [0.25, 0.3) is 10.9 Å². The van der Waals surface area contributed by atoms with Crippen molar-refractivity contribution in [1.82, 2.24) is 4.98 Å². The van der Waals surface area contributed by atoms with E-state index in [1.165, 1.54) is 0 Å². The van der Waals surface area contributed by atoms with Gasteiger partial charge in [-0.25, -0.2) is 4.98 Å². The van der Waals surface area contributed by atoms with Gasteiger partial charge in [-0.05, 0) is 60.7 Å². The van der Waals surface area contributed by atoms with Crippen molar-refractivity contribution < 1.29 is 14.0 Å². The lowest BCUT2D eigenvalue weighted by molar-refractivity contribution is 0.415. The lowest BCUT2D eigenvalue weighted by atomic mass is 10.2. The lowest BCUT2D eigenvalue weighted by Gasteiger charge is -2.20. The maximum absolute atomic E-state index is 14.5. The van der Waals surface area contributed by atoms with Crippen LogP contribution >= 0.6 is 7.14 Å². The molecule has 0 N–H and O–H groups in total. The maximum Gasteiger partial charge on any atom is 0.188 e. The number of para-hydroxylation sites is 1. The van der Waals surface area contributed by atoms with E-state index in [-0.39, 0.29) is 0 Å². The summed E-state index contributed by atoms with van der Waals surface area (Å²) in [4.78, 5) is 4.76. The second-order valence-corrected chi connectivity index (χ2v) is 9.08. The minimum Gasteiger partial charge on any atom is -0.497 e. The SMILES string of the molecule is COc1ccc(P(=O)(c2ccc(OC)cc2)c2ccc3ccccc3n2)cc1. The first-order valence-corrected chi connectivity index (χ1v) is 10.6. The second kappa shape index (κ2) is 7.49. The Morgan fingerprint density at radius 2 is 1.21 bits per heavy atom. The van der Waals surface area contributed by atoms with Crippen molar-refractivity contribution >= 4 is 34.1 Å². The molecular formula is C23H20NO3P. The molecule has 0 fully saturated rings. The molecule has 0 aliphatic heterocycles. The van der Waals surface area contributed by atoms with Crippen molar-refractivity contribution in [2.75, 3.05) is 14.2 Å². The van der Waals surface area contributed by atoms with Gasteiger partial charge >= 0.3 is 0 Å². The van der Waals surface area contributed by atoms with E-state index in [1.54, 1.807) is 14.2 Å². The molecule has 0 bridgehead atoms. The van der Waals surface area contributed by atoms with E-state index in [1.807, 2.05) is 84.9 Å². The van der Waals surface area contributed by atoms with E-state index in [0.29, 0.717) is 16.0 Å². The summed E-state index contributed by atoms with van der Waals surface area (Å²) in [6.45, 7) is 0. The van der Waals surface area contributed by atoms with Crippen LogP contribution in [0.3, 0.4) is 0 Å². The summed E-state index contributed by atoms with van der Waals surface area (Å²) in [5.74, 6) is 1.44. The molecule has 0 amide bonds. The van der Waals surface area contributed by atoms with Gasteiger partial charge in [0.25, 0.3) is 0 Å². The predicted molar refractivity (Wildman–Crippen MR) is 114 cm³/mol. The van der Waals surface area contributed by atoms with Gasteiger partial charge in [0.1, 0.15) is 16.9 Å². The monoisotopic (exact) mass is 389 g/mol. The Hall–Kier alpha value is -3.10. The number of ether oxygens (including phenoxy) is 2. The fraction of sp³-hybridized carbons (Fsp3) is 0.0870. The van der Waals surface area contributed by atoms with Crippen molar-refractivity contribution in [3.05, 3.63) is 84.9 Å². The Morgan fingerprint density at radius 1 is 0.679 bits per heavy atom. The average Bonchev–Trinajstić information content (AvgIpc) is 2.78. The number of hydrogen-bond acceptors (Lipinski definition) is 4. The molecule has 0 spiro atoms. The van der Waals surface area contributed by atoms with E-state index >= 15 is 0 Å². The number of benzene rings is 3. The predicted octanol–water partition coefficient (Wildman–Crippen LogP) is 3.89. The molecule has 28 heavy (non-hydrogen) atoms. The van der Waals surface area contributed by atoms with E-state index in [9.17, 15) is 4.57 Å². The smallest absolute Gasteiger partial charge is 0.188 e. The lowest BCUT2D eigenvalue weighted by Crippen LogP contribution is -2.27. The Balaban J connectivity index is 1.94. The number of pyridine rings is 1. The highest BCUT2D eigenvalue weighted by Crippen LogP contribution is 2.42. The zero-order chi connectivity index (χ0) is 19.6. The quantitative estimate of drug-likeness (QED) is 0.486. The van der Waals surface area contributed by atoms with Crippen LogP contribution in [0, 0.1) is 0 Å². The van der Waals surface area contributed by atoms with Gasteiger partial charge in [0, 0.05) is 16.0 Å². The van der Waals surface area contributed by atoms with Crippen LogP contribution in [-0.2, 0) is 4.57 Å². The van der Waals surface area contributed by atoms with Crippen LogP contribution in [0.2, 0.25) is 0 Å². The van der Waals surface area contributed by atoms with Crippen LogP contribution in [0.5, 0.6) is 11.5 Å². The Morgan fingerprint density at radius 3 is 1.75 bits per heavy atom. The number of rotatable bonds is 5. The number of methoxy groups -OCH3 is 2. The standard InChI is InChI=1S/C23H20NO3P/c1-26-18-8-12-20(13-9-18)28(25,21-14-10-19(27-2)11-15-21)23-16-7-17-5-3-4-6-22(17)24-23/h3-16H,1-2H3. The van der Waals surface area contributed by atoms with Crippen molar-refractivity contribution in [2.24, 2.45) is 0 Å². The molecule has 0 radical (unpaired) electrons. The molecule has 0 aliphatic carbocycles. The first kappa shape index (κ1) is 18.3. The second-order valence-electron chi connectivity index (χ2n) is 6.37. The van der Waals surface area contributed by atoms with Crippen molar-refractivity contribution in [3.63, 3.8) is 0 Å².